The van der Waals surface area contributed by atoms with E-state index in [0.29, 0.717) is 17.7 Å². The Morgan fingerprint density at radius 1 is 1.36 bits per heavy atom. The molecule has 2 N–H and O–H groups in total. The number of aryl methyl sites for hydroxylation is 1. The summed E-state index contributed by atoms with van der Waals surface area (Å²) in [6.45, 7) is 2.96. The quantitative estimate of drug-likeness (QED) is 0.834. The average Bonchev–Trinajstić information content (AvgIpc) is 2.95. The molecule has 0 radical (unpaired) electrons. The Bertz CT molecular complexity index is 657. The fraction of sp³-hybridized carbons (Fsp3) is 0.389. The Hall–Kier alpha value is -2.07. The summed E-state index contributed by atoms with van der Waals surface area (Å²) in [5.41, 5.74) is 4.46. The Kier molecular flexibility index (Phi) is 4.29. The molecule has 1 fully saturated rings. The van der Waals surface area contributed by atoms with Crippen LogP contribution in [-0.2, 0) is 11.3 Å². The maximum atomic E-state index is 11.4. The number of carbonyl (C=O) groups is 1. The molecule has 1 aliphatic rings. The zero-order chi connectivity index (χ0) is 15.5. The van der Waals surface area contributed by atoms with E-state index in [2.05, 4.69) is 41.5 Å². The minimum atomic E-state index is -0.325. The lowest BCUT2D eigenvalue weighted by Crippen LogP contribution is -2.39. The second-order valence-corrected chi connectivity index (χ2v) is 6.02. The van der Waals surface area contributed by atoms with Gasteiger partial charge in [-0.15, -0.1) is 0 Å². The molecule has 0 saturated heterocycles. The monoisotopic (exact) mass is 298 g/mol. The van der Waals surface area contributed by atoms with E-state index in [9.17, 15) is 4.79 Å². The van der Waals surface area contributed by atoms with Crippen LogP contribution >= 0.6 is 0 Å². The summed E-state index contributed by atoms with van der Waals surface area (Å²) in [5, 5.41) is 3.55. The van der Waals surface area contributed by atoms with Gasteiger partial charge in [-0.1, -0.05) is 24.3 Å². The predicted molar refractivity (Wildman–Crippen MR) is 85.9 cm³/mol. The highest BCUT2D eigenvalue weighted by atomic mass is 16.5. The van der Waals surface area contributed by atoms with Gasteiger partial charge in [0.05, 0.1) is 7.11 Å². The highest BCUT2D eigenvalue weighted by Gasteiger charge is 2.30. The molecule has 1 saturated carbocycles. The van der Waals surface area contributed by atoms with Crippen LogP contribution < -0.4 is 5.32 Å². The van der Waals surface area contributed by atoms with Crippen molar-refractivity contribution >= 4 is 5.97 Å². The number of ether oxygens (including phenoxy) is 1. The van der Waals surface area contributed by atoms with Gasteiger partial charge in [0, 0.05) is 18.8 Å². The molecule has 22 heavy (non-hydrogen) atoms. The molecule has 3 rings (SSSR count). The summed E-state index contributed by atoms with van der Waals surface area (Å²) in [7, 11) is 1.39. The predicted octanol–water partition coefficient (Wildman–Crippen LogP) is 3.15. The second kappa shape index (κ2) is 6.36. The molecule has 1 aromatic carbocycles. The first kappa shape index (κ1) is 14.9. The summed E-state index contributed by atoms with van der Waals surface area (Å²) in [6, 6.07) is 11.0. The smallest absolute Gasteiger partial charge is 0.354 e. The minimum absolute atomic E-state index is 0.325. The van der Waals surface area contributed by atoms with Crippen molar-refractivity contribution in [2.75, 3.05) is 7.11 Å². The third-order valence-electron chi connectivity index (χ3n) is 4.51. The molecular weight excluding hydrogens is 276 g/mol. The number of nitrogens with one attached hydrogen (secondary N) is 2. The summed E-state index contributed by atoms with van der Waals surface area (Å²) in [6.07, 6.45) is 4.22. The van der Waals surface area contributed by atoms with Crippen LogP contribution in [0.2, 0.25) is 0 Å². The van der Waals surface area contributed by atoms with Crippen LogP contribution in [0.5, 0.6) is 0 Å². The van der Waals surface area contributed by atoms with Gasteiger partial charge in [0.15, 0.2) is 0 Å². The number of carbonyl (C=O) groups excluding carboxylic acids is 1. The van der Waals surface area contributed by atoms with E-state index < -0.39 is 0 Å². The highest BCUT2D eigenvalue weighted by Crippen LogP contribution is 2.38. The van der Waals surface area contributed by atoms with Crippen molar-refractivity contribution in [1.29, 1.82) is 0 Å². The zero-order valence-electron chi connectivity index (χ0n) is 13.1. The van der Waals surface area contributed by atoms with Crippen LogP contribution in [0.1, 0.15) is 45.9 Å². The van der Waals surface area contributed by atoms with Gasteiger partial charge in [0.2, 0.25) is 0 Å². The molecule has 2 aromatic rings. The van der Waals surface area contributed by atoms with Crippen molar-refractivity contribution in [2.24, 2.45) is 0 Å². The number of methoxy groups -OCH3 is 1. The summed E-state index contributed by atoms with van der Waals surface area (Å²) in [5.74, 6) is 0.352. The van der Waals surface area contributed by atoms with E-state index in [1.807, 2.05) is 12.3 Å². The lowest BCUT2D eigenvalue weighted by Gasteiger charge is -2.37. The molecule has 1 aromatic heterocycles. The van der Waals surface area contributed by atoms with Crippen molar-refractivity contribution in [3.63, 3.8) is 0 Å². The Labute approximate surface area is 130 Å². The fourth-order valence-electron chi connectivity index (χ4n) is 3.11. The zero-order valence-corrected chi connectivity index (χ0v) is 13.1. The number of esters is 1. The van der Waals surface area contributed by atoms with Gasteiger partial charge in [-0.05, 0) is 48.4 Å². The highest BCUT2D eigenvalue weighted by molar-refractivity contribution is 5.87. The van der Waals surface area contributed by atoms with Crippen molar-refractivity contribution < 1.29 is 9.53 Å². The topological polar surface area (TPSA) is 54.1 Å². The second-order valence-electron chi connectivity index (χ2n) is 6.02. The van der Waals surface area contributed by atoms with Crippen LogP contribution in [-0.4, -0.2) is 24.1 Å². The molecule has 0 aliphatic heterocycles. The Morgan fingerprint density at radius 3 is 2.86 bits per heavy atom. The summed E-state index contributed by atoms with van der Waals surface area (Å²) in [4.78, 5) is 14.3. The van der Waals surface area contributed by atoms with Crippen LogP contribution in [0.25, 0.3) is 0 Å². The first-order valence-corrected chi connectivity index (χ1v) is 7.72. The van der Waals surface area contributed by atoms with E-state index >= 15 is 0 Å². The number of hydrogen-bond acceptors (Lipinski definition) is 3. The fourth-order valence-corrected chi connectivity index (χ4v) is 3.11. The standard InChI is InChI=1S/C18H22N2O2/c1-12-5-3-4-6-16(12)14-8-15(9-14)19-10-13-7-17(20-11-13)18(21)22-2/h3-7,11,14-15,19-20H,8-10H2,1-2H3. The maximum Gasteiger partial charge on any atom is 0.354 e. The van der Waals surface area contributed by atoms with Gasteiger partial charge in [0.25, 0.3) is 0 Å². The number of hydrogen-bond donors (Lipinski definition) is 2. The van der Waals surface area contributed by atoms with Crippen LogP contribution in [0.15, 0.2) is 36.5 Å². The van der Waals surface area contributed by atoms with E-state index in [1.54, 1.807) is 0 Å². The summed E-state index contributed by atoms with van der Waals surface area (Å²) >= 11 is 0. The molecule has 0 spiro atoms. The molecular formula is C18H22N2O2. The number of benzene rings is 1. The Morgan fingerprint density at radius 2 is 2.14 bits per heavy atom. The molecule has 116 valence electrons. The number of aromatic nitrogens is 1. The van der Waals surface area contributed by atoms with Crippen molar-refractivity contribution in [3.05, 3.63) is 58.9 Å². The van der Waals surface area contributed by atoms with Crippen LogP contribution in [0.4, 0.5) is 0 Å². The number of H-pyrrole nitrogens is 1. The lowest BCUT2D eigenvalue weighted by molar-refractivity contribution is 0.0595. The largest absolute Gasteiger partial charge is 0.464 e. The van der Waals surface area contributed by atoms with Gasteiger partial charge in [0.1, 0.15) is 5.69 Å². The minimum Gasteiger partial charge on any atom is -0.464 e. The van der Waals surface area contributed by atoms with Gasteiger partial charge in [-0.3, -0.25) is 0 Å². The van der Waals surface area contributed by atoms with E-state index in [1.165, 1.54) is 31.1 Å². The van der Waals surface area contributed by atoms with Gasteiger partial charge in [-0.2, -0.15) is 0 Å². The first-order valence-electron chi connectivity index (χ1n) is 7.72. The third kappa shape index (κ3) is 3.07. The first-order chi connectivity index (χ1) is 10.7. The van der Waals surface area contributed by atoms with Crippen LogP contribution in [0, 0.1) is 6.92 Å². The molecule has 0 atom stereocenters. The van der Waals surface area contributed by atoms with Crippen molar-refractivity contribution in [3.8, 4) is 0 Å². The summed E-state index contributed by atoms with van der Waals surface area (Å²) < 4.78 is 4.69. The van der Waals surface area contributed by atoms with Gasteiger partial charge < -0.3 is 15.0 Å². The number of aromatic amines is 1. The molecule has 0 amide bonds. The molecule has 1 heterocycles. The number of rotatable bonds is 5. The maximum absolute atomic E-state index is 11.4. The molecule has 4 heteroatoms. The van der Waals surface area contributed by atoms with Crippen LogP contribution in [0.3, 0.4) is 0 Å². The third-order valence-corrected chi connectivity index (χ3v) is 4.51. The molecule has 1 aliphatic carbocycles. The molecule has 4 nitrogen and oxygen atoms in total. The van der Waals surface area contributed by atoms with E-state index in [4.69, 9.17) is 4.74 Å². The normalized spacial score (nSPS) is 20.5. The van der Waals surface area contributed by atoms with Gasteiger partial charge in [-0.25, -0.2) is 4.79 Å². The van der Waals surface area contributed by atoms with Crippen molar-refractivity contribution in [2.45, 2.75) is 38.3 Å². The average molecular weight is 298 g/mol. The SMILES string of the molecule is COC(=O)c1cc(CNC2CC(c3ccccc3C)C2)c[nH]1. The lowest BCUT2D eigenvalue weighted by atomic mass is 9.74. The van der Waals surface area contributed by atoms with E-state index in [-0.39, 0.29) is 5.97 Å². The van der Waals surface area contributed by atoms with Crippen molar-refractivity contribution in [1.82, 2.24) is 10.3 Å². The Balaban J connectivity index is 1.48. The van der Waals surface area contributed by atoms with E-state index in [0.717, 1.165) is 12.1 Å². The molecule has 0 bridgehead atoms. The molecule has 0 unspecified atom stereocenters. The van der Waals surface area contributed by atoms with Gasteiger partial charge >= 0.3 is 5.97 Å².